The van der Waals surface area contributed by atoms with Crippen molar-refractivity contribution in [3.63, 3.8) is 0 Å². The first kappa shape index (κ1) is 33.7. The minimum Gasteiger partial charge on any atom is -0.455 e. The first-order chi connectivity index (χ1) is 29.3. The molecule has 10 aromatic carbocycles. The van der Waals surface area contributed by atoms with Crippen molar-refractivity contribution in [3.05, 3.63) is 212 Å². The second-order valence-corrected chi connectivity index (χ2v) is 16.2. The molecular weight excluding hydrogens is 735 g/mol. The summed E-state index contributed by atoms with van der Waals surface area (Å²) in [5, 5.41) is 9.60. The van der Waals surface area contributed by atoms with Crippen LogP contribution in [0.25, 0.3) is 97.0 Å². The molecule has 0 amide bonds. The van der Waals surface area contributed by atoms with E-state index < -0.39 is 0 Å². The van der Waals surface area contributed by atoms with E-state index in [4.69, 9.17) is 4.42 Å². The molecule has 0 unspecified atom stereocenters. The number of furan rings is 1. The van der Waals surface area contributed by atoms with Crippen molar-refractivity contribution in [1.82, 2.24) is 0 Å². The van der Waals surface area contributed by atoms with E-state index >= 15 is 0 Å². The van der Waals surface area contributed by atoms with Crippen LogP contribution < -0.4 is 4.90 Å². The van der Waals surface area contributed by atoms with Crippen LogP contribution in [0.4, 0.5) is 17.1 Å². The molecule has 0 aliphatic rings. The minimum absolute atomic E-state index is 0.871. The van der Waals surface area contributed by atoms with Crippen LogP contribution in [0.2, 0.25) is 0 Å². The first-order valence-corrected chi connectivity index (χ1v) is 20.9. The monoisotopic (exact) mass is 769 g/mol. The fraction of sp³-hybridized carbons (Fsp3) is 0. The summed E-state index contributed by atoms with van der Waals surface area (Å²) in [5.74, 6) is 0. The van der Waals surface area contributed by atoms with Gasteiger partial charge in [0.25, 0.3) is 0 Å². The molecule has 0 atom stereocenters. The fourth-order valence-corrected chi connectivity index (χ4v) is 10.4. The lowest BCUT2D eigenvalue weighted by atomic mass is 9.92. The van der Waals surface area contributed by atoms with Gasteiger partial charge in [-0.05, 0) is 86.4 Å². The molecule has 3 heteroatoms. The van der Waals surface area contributed by atoms with Crippen molar-refractivity contribution >= 4 is 92.1 Å². The summed E-state index contributed by atoms with van der Waals surface area (Å²) in [6.45, 7) is 0. The Morgan fingerprint density at radius 1 is 0.356 bits per heavy atom. The van der Waals surface area contributed by atoms with Crippen LogP contribution in [0, 0.1) is 0 Å². The number of fused-ring (bicyclic) bond motifs is 11. The number of nitrogens with zero attached hydrogens (tertiary/aromatic N) is 1. The maximum absolute atomic E-state index is 6.95. The summed E-state index contributed by atoms with van der Waals surface area (Å²) in [6, 6.07) is 76.8. The lowest BCUT2D eigenvalue weighted by Gasteiger charge is -2.28. The van der Waals surface area contributed by atoms with E-state index in [-0.39, 0.29) is 0 Å². The van der Waals surface area contributed by atoms with Crippen molar-refractivity contribution in [2.45, 2.75) is 0 Å². The zero-order chi connectivity index (χ0) is 38.9. The molecule has 12 aromatic rings. The van der Waals surface area contributed by atoms with Crippen LogP contribution in [-0.2, 0) is 0 Å². The van der Waals surface area contributed by atoms with Crippen LogP contribution in [-0.4, -0.2) is 0 Å². The molecule has 0 bridgehead atoms. The van der Waals surface area contributed by atoms with Gasteiger partial charge in [0.2, 0.25) is 0 Å². The molecule has 2 nitrogen and oxygen atoms in total. The van der Waals surface area contributed by atoms with E-state index in [1.54, 1.807) is 0 Å². The van der Waals surface area contributed by atoms with Crippen LogP contribution in [0.15, 0.2) is 217 Å². The van der Waals surface area contributed by atoms with Gasteiger partial charge in [-0.15, -0.1) is 11.3 Å². The van der Waals surface area contributed by atoms with Gasteiger partial charge < -0.3 is 9.32 Å². The maximum Gasteiger partial charge on any atom is 0.143 e. The SMILES string of the molecule is c1ccc(-c2ccc(N(c3ccc(-c4cccc5c4sc4ccccc45)cc3)c3ccc4oc5c6ccccc6c6ccccc6c5c4c3-c3ccccc3)cc2)cc1. The van der Waals surface area contributed by atoms with Gasteiger partial charge in [-0.3, -0.25) is 0 Å². The van der Waals surface area contributed by atoms with Gasteiger partial charge in [-0.1, -0.05) is 170 Å². The van der Waals surface area contributed by atoms with Crippen molar-refractivity contribution in [1.29, 1.82) is 0 Å². The molecule has 2 aromatic heterocycles. The van der Waals surface area contributed by atoms with E-state index in [0.717, 1.165) is 55.5 Å². The van der Waals surface area contributed by atoms with E-state index in [9.17, 15) is 0 Å². The highest BCUT2D eigenvalue weighted by atomic mass is 32.1. The third kappa shape index (κ3) is 5.40. The van der Waals surface area contributed by atoms with Crippen molar-refractivity contribution in [3.8, 4) is 33.4 Å². The smallest absolute Gasteiger partial charge is 0.143 e. The zero-order valence-electron chi connectivity index (χ0n) is 32.0. The Bertz CT molecular complexity index is 3530. The number of benzene rings is 10. The predicted molar refractivity (Wildman–Crippen MR) is 253 cm³/mol. The lowest BCUT2D eigenvalue weighted by molar-refractivity contribution is 0.673. The third-order valence-corrected chi connectivity index (χ3v) is 13.1. The standard InChI is InChI=1S/C56H35NOS/c1-3-14-36(15-4-1)37-26-30-40(31-27-37)57(41-32-28-38(29-33-41)42-23-13-24-48-45-20-11-12-25-51(45)59-56(42)48)49-34-35-50-54(52(49)39-16-5-2-6-17-39)53-46-21-9-7-18-43(46)44-19-8-10-22-47(44)55(53)58-50/h1-35H. The number of anilines is 3. The quantitative estimate of drug-likeness (QED) is 0.157. The second kappa shape index (κ2) is 13.6. The Labute approximate surface area is 345 Å². The summed E-state index contributed by atoms with van der Waals surface area (Å²) >= 11 is 1.87. The maximum atomic E-state index is 6.95. The molecule has 0 spiro atoms. The Morgan fingerprint density at radius 3 is 1.61 bits per heavy atom. The van der Waals surface area contributed by atoms with Gasteiger partial charge in [-0.25, -0.2) is 0 Å². The summed E-state index contributed by atoms with van der Waals surface area (Å²) in [4.78, 5) is 2.42. The first-order valence-electron chi connectivity index (χ1n) is 20.1. The van der Waals surface area contributed by atoms with Gasteiger partial charge >= 0.3 is 0 Å². The Morgan fingerprint density at radius 2 is 0.898 bits per heavy atom. The fourth-order valence-electron chi connectivity index (χ4n) is 9.19. The molecule has 0 N–H and O–H groups in total. The average Bonchev–Trinajstić information content (AvgIpc) is 3.90. The molecular formula is C56H35NOS. The Balaban J connectivity index is 1.12. The summed E-state index contributed by atoms with van der Waals surface area (Å²) < 4.78 is 9.58. The van der Waals surface area contributed by atoms with E-state index in [0.29, 0.717) is 0 Å². The third-order valence-electron chi connectivity index (χ3n) is 11.9. The average molecular weight is 770 g/mol. The van der Waals surface area contributed by atoms with Gasteiger partial charge in [0, 0.05) is 53.3 Å². The molecule has 59 heavy (non-hydrogen) atoms. The van der Waals surface area contributed by atoms with Gasteiger partial charge in [0.1, 0.15) is 11.2 Å². The van der Waals surface area contributed by atoms with Gasteiger partial charge in [-0.2, -0.15) is 0 Å². The highest BCUT2D eigenvalue weighted by Crippen LogP contribution is 2.50. The molecule has 0 fully saturated rings. The van der Waals surface area contributed by atoms with Crippen LogP contribution >= 0.6 is 11.3 Å². The van der Waals surface area contributed by atoms with Gasteiger partial charge in [0.05, 0.1) is 5.69 Å². The number of hydrogen-bond donors (Lipinski definition) is 0. The number of hydrogen-bond acceptors (Lipinski definition) is 3. The van der Waals surface area contributed by atoms with E-state index in [2.05, 4.69) is 217 Å². The second-order valence-electron chi connectivity index (χ2n) is 15.2. The highest BCUT2D eigenvalue weighted by Gasteiger charge is 2.25. The van der Waals surface area contributed by atoms with E-state index in [1.165, 1.54) is 58.6 Å². The Hall–Kier alpha value is -7.46. The molecule has 276 valence electrons. The topological polar surface area (TPSA) is 16.4 Å². The predicted octanol–water partition coefficient (Wildman–Crippen LogP) is 16.7. The normalized spacial score (nSPS) is 11.7. The molecule has 0 saturated heterocycles. The van der Waals surface area contributed by atoms with Crippen LogP contribution in [0.1, 0.15) is 0 Å². The molecule has 0 aliphatic heterocycles. The Kier molecular flexibility index (Phi) is 7.75. The molecule has 0 aliphatic carbocycles. The molecule has 2 heterocycles. The largest absolute Gasteiger partial charge is 0.455 e. The van der Waals surface area contributed by atoms with Crippen molar-refractivity contribution < 1.29 is 4.42 Å². The lowest BCUT2D eigenvalue weighted by Crippen LogP contribution is -2.11. The summed E-state index contributed by atoms with van der Waals surface area (Å²) in [6.07, 6.45) is 0. The molecule has 0 saturated carbocycles. The number of rotatable bonds is 6. The number of thiophene rings is 1. The van der Waals surface area contributed by atoms with Crippen LogP contribution in [0.3, 0.4) is 0 Å². The van der Waals surface area contributed by atoms with Crippen molar-refractivity contribution in [2.24, 2.45) is 0 Å². The minimum atomic E-state index is 0.871. The summed E-state index contributed by atoms with van der Waals surface area (Å²) in [7, 11) is 0. The molecule has 0 radical (unpaired) electrons. The molecule has 12 rings (SSSR count). The van der Waals surface area contributed by atoms with E-state index in [1.807, 2.05) is 11.3 Å². The van der Waals surface area contributed by atoms with Crippen molar-refractivity contribution in [2.75, 3.05) is 4.90 Å². The summed E-state index contributed by atoms with van der Waals surface area (Å²) in [5.41, 5.74) is 12.1. The highest BCUT2D eigenvalue weighted by molar-refractivity contribution is 7.26. The van der Waals surface area contributed by atoms with Crippen LogP contribution in [0.5, 0.6) is 0 Å². The van der Waals surface area contributed by atoms with Gasteiger partial charge in [0.15, 0.2) is 0 Å². The zero-order valence-corrected chi connectivity index (χ0v) is 32.8.